The molecule has 1 N–H and O–H groups in total. The Labute approximate surface area is 216 Å². The quantitative estimate of drug-likeness (QED) is 0.252. The van der Waals surface area contributed by atoms with Gasteiger partial charge in [-0.25, -0.2) is 0 Å². The lowest BCUT2D eigenvalue weighted by Gasteiger charge is -2.37. The van der Waals surface area contributed by atoms with Crippen LogP contribution in [0.25, 0.3) is 55.4 Å². The number of hydrogen-bond acceptors (Lipinski definition) is 4. The molecule has 6 aromatic rings. The first-order valence-corrected chi connectivity index (χ1v) is 12.6. The topological polar surface area (TPSA) is 55.7 Å². The van der Waals surface area contributed by atoms with E-state index in [9.17, 15) is 5.11 Å². The van der Waals surface area contributed by atoms with Gasteiger partial charge in [0.2, 0.25) is 0 Å². The SMILES string of the molecule is CC(C)(O)C(C)(C)OBc1cc2c(-c3ccccc3)c(-c3ccccc3)oc2c2c1oc1ccccc12. The fraction of sp³-hybridized carbons (Fsp3) is 0.188. The number of hydrogen-bond donors (Lipinski definition) is 1. The molecule has 0 saturated heterocycles. The average Bonchev–Trinajstić information content (AvgIpc) is 3.46. The highest BCUT2D eigenvalue weighted by Gasteiger charge is 2.36. The van der Waals surface area contributed by atoms with Gasteiger partial charge in [0.15, 0.2) is 0 Å². The summed E-state index contributed by atoms with van der Waals surface area (Å²) in [5.74, 6) is 0.822. The number of rotatable bonds is 6. The molecule has 0 spiro atoms. The summed E-state index contributed by atoms with van der Waals surface area (Å²) in [7, 11) is 0.281. The molecule has 0 aliphatic heterocycles. The van der Waals surface area contributed by atoms with Gasteiger partial charge in [-0.15, -0.1) is 0 Å². The van der Waals surface area contributed by atoms with E-state index in [1.54, 1.807) is 13.8 Å². The summed E-state index contributed by atoms with van der Waals surface area (Å²) in [5, 5.41) is 13.6. The van der Waals surface area contributed by atoms with Crippen molar-refractivity contribution in [2.24, 2.45) is 0 Å². The molecule has 2 aromatic heterocycles. The summed E-state index contributed by atoms with van der Waals surface area (Å²) in [5.41, 5.74) is 4.59. The summed E-state index contributed by atoms with van der Waals surface area (Å²) in [6.07, 6.45) is 0. The maximum absolute atomic E-state index is 10.7. The number of para-hydroxylation sites is 1. The lowest BCUT2D eigenvalue weighted by molar-refractivity contribution is -0.0893. The van der Waals surface area contributed by atoms with E-state index in [-0.39, 0.29) is 7.48 Å². The third-order valence-electron chi connectivity index (χ3n) is 7.54. The molecule has 184 valence electrons. The van der Waals surface area contributed by atoms with Gasteiger partial charge in [-0.05, 0) is 50.9 Å². The molecule has 0 aliphatic carbocycles. The standard InChI is InChI=1S/C32H29BO4/c1-31(2,34)32(3,4)37-33-24-19-23-26(20-13-7-5-8-14-20)28(21-15-9-6-10-16-21)36-29(23)27-22-17-11-12-18-25(22)35-30(24)27/h5-19,33-34H,1-4H3. The third kappa shape index (κ3) is 3.95. The van der Waals surface area contributed by atoms with Gasteiger partial charge in [0.1, 0.15) is 22.5 Å². The Morgan fingerprint density at radius 1 is 0.703 bits per heavy atom. The second-order valence-corrected chi connectivity index (χ2v) is 10.6. The molecule has 0 amide bonds. The molecule has 0 unspecified atom stereocenters. The second kappa shape index (κ2) is 8.65. The zero-order valence-electron chi connectivity index (χ0n) is 21.5. The zero-order valence-corrected chi connectivity index (χ0v) is 21.5. The molecule has 4 aromatic carbocycles. The van der Waals surface area contributed by atoms with E-state index in [1.807, 2.05) is 68.4 Å². The number of furan rings is 2. The van der Waals surface area contributed by atoms with Crippen molar-refractivity contribution in [3.05, 3.63) is 91.0 Å². The second-order valence-electron chi connectivity index (χ2n) is 10.6. The van der Waals surface area contributed by atoms with Crippen LogP contribution in [0.3, 0.4) is 0 Å². The van der Waals surface area contributed by atoms with Crippen LogP contribution >= 0.6 is 0 Å². The minimum Gasteiger partial charge on any atom is -0.456 e. The smallest absolute Gasteiger partial charge is 0.313 e. The van der Waals surface area contributed by atoms with Gasteiger partial charge in [-0.1, -0.05) is 78.9 Å². The molecule has 37 heavy (non-hydrogen) atoms. The highest BCUT2D eigenvalue weighted by molar-refractivity contribution is 6.53. The van der Waals surface area contributed by atoms with Crippen LogP contribution in [0.4, 0.5) is 0 Å². The van der Waals surface area contributed by atoms with Crippen molar-refractivity contribution in [2.45, 2.75) is 38.9 Å². The van der Waals surface area contributed by atoms with Crippen molar-refractivity contribution in [3.8, 4) is 22.5 Å². The first-order chi connectivity index (χ1) is 17.7. The Bertz CT molecular complexity index is 1720. The number of fused-ring (bicyclic) bond motifs is 5. The Balaban J connectivity index is 1.68. The lowest BCUT2D eigenvalue weighted by Crippen LogP contribution is -2.49. The molecular weight excluding hydrogens is 459 g/mol. The predicted octanol–water partition coefficient (Wildman–Crippen LogP) is 7.21. The van der Waals surface area contributed by atoms with E-state index in [2.05, 4.69) is 36.4 Å². The van der Waals surface area contributed by atoms with Crippen LogP contribution in [0.5, 0.6) is 0 Å². The summed E-state index contributed by atoms with van der Waals surface area (Å²) in [6.45, 7) is 7.34. The van der Waals surface area contributed by atoms with Gasteiger partial charge in [-0.2, -0.15) is 0 Å². The van der Waals surface area contributed by atoms with Crippen LogP contribution < -0.4 is 5.46 Å². The van der Waals surface area contributed by atoms with E-state index < -0.39 is 11.2 Å². The van der Waals surface area contributed by atoms with Crippen molar-refractivity contribution in [1.29, 1.82) is 0 Å². The van der Waals surface area contributed by atoms with Crippen molar-refractivity contribution in [2.75, 3.05) is 0 Å². The lowest BCUT2D eigenvalue weighted by atomic mass is 9.81. The minimum absolute atomic E-state index is 0.281. The molecule has 4 nitrogen and oxygen atoms in total. The molecule has 0 atom stereocenters. The van der Waals surface area contributed by atoms with E-state index in [0.29, 0.717) is 0 Å². The Kier molecular flexibility index (Phi) is 5.52. The Morgan fingerprint density at radius 2 is 1.32 bits per heavy atom. The Morgan fingerprint density at radius 3 is 2.00 bits per heavy atom. The summed E-state index contributed by atoms with van der Waals surface area (Å²) >= 11 is 0. The van der Waals surface area contributed by atoms with E-state index in [4.69, 9.17) is 13.5 Å². The molecule has 0 saturated carbocycles. The van der Waals surface area contributed by atoms with Crippen LogP contribution in [-0.2, 0) is 4.65 Å². The molecular formula is C32H29BO4. The maximum Gasteiger partial charge on any atom is 0.313 e. The van der Waals surface area contributed by atoms with Crippen molar-refractivity contribution < 1.29 is 18.6 Å². The van der Waals surface area contributed by atoms with Gasteiger partial charge in [0, 0.05) is 21.9 Å². The Hall–Kier alpha value is -3.80. The molecule has 0 radical (unpaired) electrons. The molecule has 2 heterocycles. The van der Waals surface area contributed by atoms with Crippen molar-refractivity contribution in [1.82, 2.24) is 0 Å². The van der Waals surface area contributed by atoms with Gasteiger partial charge in [-0.3, -0.25) is 0 Å². The van der Waals surface area contributed by atoms with Crippen LogP contribution in [0.15, 0.2) is 99.8 Å². The minimum atomic E-state index is -1.02. The fourth-order valence-corrected chi connectivity index (χ4v) is 4.73. The largest absolute Gasteiger partial charge is 0.456 e. The summed E-state index contributed by atoms with van der Waals surface area (Å²) in [4.78, 5) is 0. The average molecular weight is 488 g/mol. The summed E-state index contributed by atoms with van der Waals surface area (Å²) < 4.78 is 19.5. The van der Waals surface area contributed by atoms with Crippen molar-refractivity contribution in [3.63, 3.8) is 0 Å². The maximum atomic E-state index is 10.7. The molecule has 0 bridgehead atoms. The zero-order chi connectivity index (χ0) is 25.8. The van der Waals surface area contributed by atoms with Gasteiger partial charge in [0.25, 0.3) is 0 Å². The highest BCUT2D eigenvalue weighted by Crippen LogP contribution is 2.44. The normalized spacial score (nSPS) is 12.6. The van der Waals surface area contributed by atoms with E-state index >= 15 is 0 Å². The molecule has 0 aliphatic rings. The third-order valence-corrected chi connectivity index (χ3v) is 7.54. The van der Waals surface area contributed by atoms with Gasteiger partial charge < -0.3 is 18.6 Å². The van der Waals surface area contributed by atoms with Crippen LogP contribution in [0.2, 0.25) is 0 Å². The van der Waals surface area contributed by atoms with E-state index in [0.717, 1.165) is 60.8 Å². The molecule has 0 fully saturated rings. The number of benzene rings is 4. The van der Waals surface area contributed by atoms with E-state index in [1.165, 1.54) is 0 Å². The van der Waals surface area contributed by atoms with Crippen LogP contribution in [0, 0.1) is 0 Å². The fourth-order valence-electron chi connectivity index (χ4n) is 4.73. The highest BCUT2D eigenvalue weighted by atomic mass is 16.5. The van der Waals surface area contributed by atoms with Crippen LogP contribution in [0.1, 0.15) is 27.7 Å². The van der Waals surface area contributed by atoms with Gasteiger partial charge in [0.05, 0.1) is 16.6 Å². The van der Waals surface area contributed by atoms with Gasteiger partial charge >= 0.3 is 7.48 Å². The monoisotopic (exact) mass is 488 g/mol. The molecule has 5 heteroatoms. The van der Waals surface area contributed by atoms with Crippen LogP contribution in [-0.4, -0.2) is 23.8 Å². The molecule has 6 rings (SSSR count). The predicted molar refractivity (Wildman–Crippen MR) is 153 cm³/mol. The number of aliphatic hydroxyl groups is 1. The first-order valence-electron chi connectivity index (χ1n) is 12.6. The first kappa shape index (κ1) is 23.6. The van der Waals surface area contributed by atoms with Crippen molar-refractivity contribution >= 4 is 45.9 Å². The summed E-state index contributed by atoms with van der Waals surface area (Å²) in [6, 6.07) is 30.7.